The summed E-state index contributed by atoms with van der Waals surface area (Å²) in [6.07, 6.45) is 5.76. The number of quaternary nitrogens is 1. The molecule has 134 valence electrons. The molecule has 0 atom stereocenters. The van der Waals surface area contributed by atoms with E-state index in [2.05, 4.69) is 26.1 Å². The summed E-state index contributed by atoms with van der Waals surface area (Å²) < 4.78 is 6.47. The van der Waals surface area contributed by atoms with E-state index in [1.54, 1.807) is 7.11 Å². The monoisotopic (exact) mass is 326 g/mol. The van der Waals surface area contributed by atoms with Crippen molar-refractivity contribution >= 4 is 6.09 Å². The van der Waals surface area contributed by atoms with Gasteiger partial charge in [0.05, 0.1) is 24.7 Å². The van der Waals surface area contributed by atoms with Crippen LogP contribution in [0.2, 0.25) is 0 Å². The van der Waals surface area contributed by atoms with E-state index in [1.807, 2.05) is 0 Å². The number of methoxy groups -OCH3 is 1. The van der Waals surface area contributed by atoms with Crippen molar-refractivity contribution < 1.29 is 19.1 Å². The Balaban J connectivity index is 2.03. The topological polar surface area (TPSA) is 61.4 Å². The molecule has 1 saturated heterocycles. The molecule has 2 fully saturated rings. The standard InChI is InChI=1S/C18H34N2O3/c1-18(2,3)20(11-9-15(10-12-20)19-17(21)22)16-7-5-14(6-8-16)13-23-4/h14-16,19H,5-13H2,1-4H3. The first-order valence-electron chi connectivity index (χ1n) is 9.12. The van der Waals surface area contributed by atoms with Crippen LogP contribution in [0, 0.1) is 5.92 Å². The van der Waals surface area contributed by atoms with Gasteiger partial charge < -0.3 is 24.4 Å². The van der Waals surface area contributed by atoms with Crippen molar-refractivity contribution in [3.8, 4) is 0 Å². The maximum atomic E-state index is 10.8. The molecule has 1 heterocycles. The summed E-state index contributed by atoms with van der Waals surface area (Å²) in [5.74, 6) is 0.716. The van der Waals surface area contributed by atoms with Gasteiger partial charge in [-0.1, -0.05) is 0 Å². The van der Waals surface area contributed by atoms with E-state index in [0.29, 0.717) is 12.0 Å². The van der Waals surface area contributed by atoms with Gasteiger partial charge in [0.25, 0.3) is 0 Å². The lowest BCUT2D eigenvalue weighted by molar-refractivity contribution is -0.997. The van der Waals surface area contributed by atoms with Crippen molar-refractivity contribution in [3.63, 3.8) is 0 Å². The van der Waals surface area contributed by atoms with E-state index < -0.39 is 6.09 Å². The quantitative estimate of drug-likeness (QED) is 0.803. The molecule has 1 saturated carbocycles. The molecule has 0 spiro atoms. The van der Waals surface area contributed by atoms with E-state index in [9.17, 15) is 9.90 Å². The maximum absolute atomic E-state index is 10.8. The van der Waals surface area contributed by atoms with Gasteiger partial charge in [0.15, 0.2) is 0 Å². The highest BCUT2D eigenvalue weighted by molar-refractivity contribution is 5.62. The first-order valence-corrected chi connectivity index (χ1v) is 9.12. The van der Waals surface area contributed by atoms with Crippen LogP contribution in [0.4, 0.5) is 4.79 Å². The second-order valence-electron chi connectivity index (χ2n) is 8.49. The Morgan fingerprint density at radius 1 is 1.13 bits per heavy atom. The summed E-state index contributed by atoms with van der Waals surface area (Å²) in [6.45, 7) is 10.1. The molecular weight excluding hydrogens is 292 g/mol. The first kappa shape index (κ1) is 18.5. The van der Waals surface area contributed by atoms with E-state index in [1.165, 1.54) is 25.7 Å². The third-order valence-corrected chi connectivity index (χ3v) is 6.33. The van der Waals surface area contributed by atoms with Crippen molar-refractivity contribution in [1.82, 2.24) is 5.32 Å². The fourth-order valence-corrected chi connectivity index (χ4v) is 4.96. The van der Waals surface area contributed by atoms with Gasteiger partial charge >= 0.3 is 0 Å². The van der Waals surface area contributed by atoms with Crippen molar-refractivity contribution in [2.45, 2.75) is 76.9 Å². The van der Waals surface area contributed by atoms with Crippen LogP contribution >= 0.6 is 0 Å². The summed E-state index contributed by atoms with van der Waals surface area (Å²) in [6, 6.07) is 0.769. The molecule has 0 aromatic carbocycles. The molecular formula is C18H34N2O3. The average molecular weight is 326 g/mol. The van der Waals surface area contributed by atoms with Gasteiger partial charge in [-0.2, -0.15) is 0 Å². The summed E-state index contributed by atoms with van der Waals surface area (Å²) >= 11 is 0. The lowest BCUT2D eigenvalue weighted by atomic mass is 9.80. The molecule has 1 amide bonds. The molecule has 5 heteroatoms. The van der Waals surface area contributed by atoms with E-state index in [4.69, 9.17) is 4.74 Å². The van der Waals surface area contributed by atoms with Crippen LogP contribution < -0.4 is 10.4 Å². The van der Waals surface area contributed by atoms with Crippen LogP contribution in [0.25, 0.3) is 0 Å². The molecule has 23 heavy (non-hydrogen) atoms. The zero-order chi connectivity index (χ0) is 17.1. The zero-order valence-corrected chi connectivity index (χ0v) is 15.3. The van der Waals surface area contributed by atoms with Gasteiger partial charge in [-0.3, -0.25) is 0 Å². The Bertz CT molecular complexity index is 390. The van der Waals surface area contributed by atoms with Gasteiger partial charge in [0.2, 0.25) is 0 Å². The Hall–Kier alpha value is -0.810. The SMILES string of the molecule is COCC1CCC([N+]2(C(C)(C)C)CCC(NC(=O)[O-])CC2)CC1. The van der Waals surface area contributed by atoms with Crippen LogP contribution in [-0.2, 0) is 4.74 Å². The molecule has 1 N–H and O–H groups in total. The molecule has 1 aliphatic carbocycles. The van der Waals surface area contributed by atoms with Crippen molar-refractivity contribution in [1.29, 1.82) is 0 Å². The van der Waals surface area contributed by atoms with Crippen LogP contribution in [0.5, 0.6) is 0 Å². The lowest BCUT2D eigenvalue weighted by Gasteiger charge is -2.58. The molecule has 2 aliphatic rings. The van der Waals surface area contributed by atoms with Crippen molar-refractivity contribution in [2.24, 2.45) is 5.92 Å². The van der Waals surface area contributed by atoms with Crippen LogP contribution in [0.1, 0.15) is 59.3 Å². The van der Waals surface area contributed by atoms with Gasteiger partial charge in [-0.25, -0.2) is 0 Å². The van der Waals surface area contributed by atoms with E-state index in [0.717, 1.165) is 37.0 Å². The second kappa shape index (κ2) is 7.39. The number of hydrogen-bond acceptors (Lipinski definition) is 3. The highest BCUT2D eigenvalue weighted by Gasteiger charge is 2.49. The number of hydrogen-bond donors (Lipinski definition) is 1. The summed E-state index contributed by atoms with van der Waals surface area (Å²) in [4.78, 5) is 10.8. The van der Waals surface area contributed by atoms with Crippen LogP contribution in [-0.4, -0.2) is 55.0 Å². The number of nitrogens with one attached hydrogen (secondary N) is 1. The predicted molar refractivity (Wildman–Crippen MR) is 88.9 cm³/mol. The van der Waals surface area contributed by atoms with Crippen LogP contribution in [0.3, 0.4) is 0 Å². The average Bonchev–Trinajstić information content (AvgIpc) is 2.47. The molecule has 0 unspecified atom stereocenters. The third kappa shape index (κ3) is 4.18. The van der Waals surface area contributed by atoms with Gasteiger partial charge in [0.1, 0.15) is 6.09 Å². The van der Waals surface area contributed by atoms with Crippen molar-refractivity contribution in [2.75, 3.05) is 26.8 Å². The Morgan fingerprint density at radius 3 is 2.13 bits per heavy atom. The minimum absolute atomic E-state index is 0.0680. The van der Waals surface area contributed by atoms with Gasteiger partial charge in [-0.05, 0) is 52.4 Å². The summed E-state index contributed by atoms with van der Waals surface area (Å²) in [5, 5.41) is 13.4. The normalized spacial score (nSPS) is 35.7. The van der Waals surface area contributed by atoms with Gasteiger partial charge in [-0.15, -0.1) is 0 Å². The molecule has 0 aromatic heterocycles. The highest BCUT2D eigenvalue weighted by atomic mass is 16.5. The molecule has 2 rings (SSSR count). The Morgan fingerprint density at radius 2 is 1.70 bits per heavy atom. The fourth-order valence-electron chi connectivity index (χ4n) is 4.96. The number of likely N-dealkylation sites (tertiary alicyclic amines) is 1. The fraction of sp³-hybridized carbons (Fsp3) is 0.944. The van der Waals surface area contributed by atoms with Gasteiger partial charge in [0, 0.05) is 32.6 Å². The summed E-state index contributed by atoms with van der Waals surface area (Å²) in [5.41, 5.74) is 0.200. The molecule has 0 aromatic rings. The van der Waals surface area contributed by atoms with E-state index in [-0.39, 0.29) is 11.6 Å². The largest absolute Gasteiger partial charge is 0.530 e. The number of ether oxygens (including phenoxy) is 1. The molecule has 0 bridgehead atoms. The Kier molecular flexibility index (Phi) is 5.95. The number of amides is 1. The lowest BCUT2D eigenvalue weighted by Crippen LogP contribution is -2.70. The number of carbonyl (C=O) groups excluding carboxylic acids is 1. The number of rotatable bonds is 4. The highest BCUT2D eigenvalue weighted by Crippen LogP contribution is 2.40. The molecule has 1 aliphatic heterocycles. The minimum Gasteiger partial charge on any atom is -0.530 e. The molecule has 0 radical (unpaired) electrons. The van der Waals surface area contributed by atoms with E-state index >= 15 is 0 Å². The minimum atomic E-state index is -1.13. The summed E-state index contributed by atoms with van der Waals surface area (Å²) in [7, 11) is 1.80. The smallest absolute Gasteiger partial charge is 0.134 e. The number of carboxylic acid groups (broad SMARTS) is 1. The predicted octanol–water partition coefficient (Wildman–Crippen LogP) is 1.90. The van der Waals surface area contributed by atoms with Crippen LogP contribution in [0.15, 0.2) is 0 Å². The Labute approximate surface area is 141 Å². The molecule has 5 nitrogen and oxygen atoms in total. The maximum Gasteiger partial charge on any atom is 0.134 e. The second-order valence-corrected chi connectivity index (χ2v) is 8.49. The first-order chi connectivity index (χ1) is 10.8. The number of carbonyl (C=O) groups is 1. The zero-order valence-electron chi connectivity index (χ0n) is 15.3. The number of piperidine rings is 1. The third-order valence-electron chi connectivity index (χ3n) is 6.33. The van der Waals surface area contributed by atoms with Crippen molar-refractivity contribution in [3.05, 3.63) is 0 Å². The number of nitrogens with zero attached hydrogens (tertiary/aromatic N) is 1.